The molecule has 11 rings (SSSR count). The monoisotopic (exact) mass is 767 g/mol. The number of fused-ring (bicyclic) bond motifs is 7. The molecular weight excluding hydrogens is 711 g/mol. The van der Waals surface area contributed by atoms with Crippen LogP contribution in [0.15, 0.2) is 140 Å². The molecule has 0 unspecified atom stereocenters. The fourth-order valence-corrected chi connectivity index (χ4v) is 12.8. The van der Waals surface area contributed by atoms with Crippen LogP contribution in [0.4, 0.5) is 17.1 Å². The predicted octanol–water partition coefficient (Wildman–Crippen LogP) is 16.3. The largest absolute Gasteiger partial charge is 0.310 e. The van der Waals surface area contributed by atoms with E-state index in [4.69, 9.17) is 0 Å². The van der Waals surface area contributed by atoms with Gasteiger partial charge in [-0.05, 0) is 148 Å². The molecule has 294 valence electrons. The summed E-state index contributed by atoms with van der Waals surface area (Å²) >= 11 is 0. The molecule has 1 nitrogen and oxygen atoms in total. The molecule has 0 bridgehead atoms. The van der Waals surface area contributed by atoms with Gasteiger partial charge >= 0.3 is 0 Å². The highest BCUT2D eigenvalue weighted by atomic mass is 15.1. The molecule has 0 radical (unpaired) electrons. The van der Waals surface area contributed by atoms with Gasteiger partial charge < -0.3 is 4.90 Å². The summed E-state index contributed by atoms with van der Waals surface area (Å²) in [4.78, 5) is 2.71. The maximum Gasteiger partial charge on any atom is 0.0538 e. The molecule has 1 heteroatoms. The van der Waals surface area contributed by atoms with Gasteiger partial charge in [0.25, 0.3) is 0 Å². The average molecular weight is 768 g/mol. The Morgan fingerprint density at radius 2 is 1.07 bits per heavy atom. The summed E-state index contributed by atoms with van der Waals surface area (Å²) in [6, 6.07) is 54.1. The highest BCUT2D eigenvalue weighted by Crippen LogP contribution is 2.65. The number of benzene rings is 7. The third-order valence-electron chi connectivity index (χ3n) is 15.5. The van der Waals surface area contributed by atoms with Gasteiger partial charge in [-0.3, -0.25) is 0 Å². The molecule has 0 atom stereocenters. The fraction of sp³-hybridized carbons (Fsp3) is 0.310. The molecule has 7 aromatic carbocycles. The number of hydrogen-bond donors (Lipinski definition) is 0. The Morgan fingerprint density at radius 3 is 1.83 bits per heavy atom. The van der Waals surface area contributed by atoms with E-state index >= 15 is 0 Å². The van der Waals surface area contributed by atoms with E-state index in [2.05, 4.69) is 172 Å². The van der Waals surface area contributed by atoms with Crippen LogP contribution in [-0.2, 0) is 10.8 Å². The number of anilines is 3. The Bertz CT molecular complexity index is 2710. The van der Waals surface area contributed by atoms with Crippen LogP contribution in [0.25, 0.3) is 44.2 Å². The SMILES string of the molecule is Cc1ccc2c(c1)C(C1CCCCC1)(C1CCCCC1)c1c-2ccc(C)c1N(c1ccc(-c2cccc3ccccc23)cc1)c1ccc2c(c1)C(C)(C)c1ccccc1-2. The number of rotatable bonds is 6. The second kappa shape index (κ2) is 14.1. The van der Waals surface area contributed by atoms with E-state index in [1.54, 1.807) is 11.1 Å². The van der Waals surface area contributed by atoms with Crippen LogP contribution in [0.1, 0.15) is 111 Å². The first-order valence-electron chi connectivity index (χ1n) is 22.7. The zero-order valence-electron chi connectivity index (χ0n) is 35.5. The van der Waals surface area contributed by atoms with E-state index in [1.165, 1.54) is 148 Å². The van der Waals surface area contributed by atoms with Crippen molar-refractivity contribution in [3.63, 3.8) is 0 Å². The summed E-state index contributed by atoms with van der Waals surface area (Å²) < 4.78 is 0. The molecule has 0 heterocycles. The lowest BCUT2D eigenvalue weighted by Gasteiger charge is -2.50. The molecule has 0 aromatic heterocycles. The highest BCUT2D eigenvalue weighted by molar-refractivity contribution is 5.98. The zero-order valence-corrected chi connectivity index (χ0v) is 35.5. The Hall–Kier alpha value is -5.40. The maximum atomic E-state index is 2.71. The molecule has 7 aromatic rings. The number of nitrogens with zero attached hydrogens (tertiary/aromatic N) is 1. The highest BCUT2D eigenvalue weighted by Gasteiger charge is 2.55. The topological polar surface area (TPSA) is 3.24 Å². The van der Waals surface area contributed by atoms with Crippen molar-refractivity contribution in [2.75, 3.05) is 4.90 Å². The van der Waals surface area contributed by atoms with E-state index in [0.717, 1.165) is 0 Å². The molecule has 4 aliphatic carbocycles. The first-order valence-corrected chi connectivity index (χ1v) is 22.7. The first-order chi connectivity index (χ1) is 28.9. The summed E-state index contributed by atoms with van der Waals surface area (Å²) in [5.41, 5.74) is 20.9. The van der Waals surface area contributed by atoms with Gasteiger partial charge in [0.05, 0.1) is 5.69 Å². The van der Waals surface area contributed by atoms with Gasteiger partial charge in [0, 0.05) is 22.2 Å². The molecule has 0 N–H and O–H groups in total. The molecule has 0 saturated heterocycles. The smallest absolute Gasteiger partial charge is 0.0538 e. The number of hydrogen-bond acceptors (Lipinski definition) is 1. The molecule has 4 aliphatic rings. The lowest BCUT2D eigenvalue weighted by Crippen LogP contribution is -2.44. The van der Waals surface area contributed by atoms with E-state index in [1.807, 2.05) is 0 Å². The van der Waals surface area contributed by atoms with Gasteiger partial charge in [-0.25, -0.2) is 0 Å². The molecule has 2 fully saturated rings. The van der Waals surface area contributed by atoms with Gasteiger partial charge in [-0.2, -0.15) is 0 Å². The van der Waals surface area contributed by atoms with Gasteiger partial charge in [0.15, 0.2) is 0 Å². The van der Waals surface area contributed by atoms with Crippen LogP contribution in [0.2, 0.25) is 0 Å². The van der Waals surface area contributed by atoms with Crippen molar-refractivity contribution in [2.24, 2.45) is 11.8 Å². The zero-order chi connectivity index (χ0) is 39.9. The number of aryl methyl sites for hydroxylation is 2. The molecule has 2 saturated carbocycles. The molecule has 0 amide bonds. The lowest BCUT2D eigenvalue weighted by atomic mass is 9.54. The summed E-state index contributed by atoms with van der Waals surface area (Å²) in [5.74, 6) is 1.26. The van der Waals surface area contributed by atoms with Crippen LogP contribution in [0, 0.1) is 25.7 Å². The van der Waals surface area contributed by atoms with Crippen molar-refractivity contribution in [3.05, 3.63) is 173 Å². The lowest BCUT2D eigenvalue weighted by molar-refractivity contribution is 0.138. The van der Waals surface area contributed by atoms with Crippen LogP contribution < -0.4 is 4.90 Å². The minimum Gasteiger partial charge on any atom is -0.310 e. The predicted molar refractivity (Wildman–Crippen MR) is 250 cm³/mol. The van der Waals surface area contributed by atoms with Gasteiger partial charge in [-0.1, -0.05) is 173 Å². The van der Waals surface area contributed by atoms with Crippen molar-refractivity contribution in [3.8, 4) is 33.4 Å². The van der Waals surface area contributed by atoms with Crippen LogP contribution >= 0.6 is 0 Å². The van der Waals surface area contributed by atoms with Crippen LogP contribution in [0.3, 0.4) is 0 Å². The van der Waals surface area contributed by atoms with E-state index < -0.39 is 0 Å². The third kappa shape index (κ3) is 5.56. The molecule has 0 aliphatic heterocycles. The summed E-state index contributed by atoms with van der Waals surface area (Å²) in [7, 11) is 0. The maximum absolute atomic E-state index is 2.71. The van der Waals surface area contributed by atoms with Gasteiger partial charge in [-0.15, -0.1) is 0 Å². The summed E-state index contributed by atoms with van der Waals surface area (Å²) in [5, 5.41) is 2.58. The summed E-state index contributed by atoms with van der Waals surface area (Å²) in [6.45, 7) is 9.58. The Labute approximate surface area is 352 Å². The normalized spacial score (nSPS) is 18.0. The third-order valence-corrected chi connectivity index (χ3v) is 15.5. The molecule has 59 heavy (non-hydrogen) atoms. The van der Waals surface area contributed by atoms with Crippen LogP contribution in [-0.4, -0.2) is 0 Å². The van der Waals surface area contributed by atoms with Crippen LogP contribution in [0.5, 0.6) is 0 Å². The van der Waals surface area contributed by atoms with E-state index in [-0.39, 0.29) is 10.8 Å². The van der Waals surface area contributed by atoms with Crippen molar-refractivity contribution in [2.45, 2.75) is 103 Å². The fourth-order valence-electron chi connectivity index (χ4n) is 12.8. The average Bonchev–Trinajstić information content (AvgIpc) is 3.70. The minimum atomic E-state index is -0.0960. The Balaban J connectivity index is 1.18. The van der Waals surface area contributed by atoms with Crippen molar-refractivity contribution < 1.29 is 0 Å². The van der Waals surface area contributed by atoms with E-state index in [9.17, 15) is 0 Å². The molecule has 0 spiro atoms. The standard InChI is InChI=1S/C58H57N/c1-38-26-33-50-51-34-27-39(2)56(55(51)58(54(50)36-38,42-18-7-5-8-19-42)43-20-9-6-10-21-43)59(45-32-35-49-48-23-13-14-25-52(48)57(3,4)53(49)37-45)44-30-28-41(29-31-44)47-24-15-17-40-16-11-12-22-46(40)47/h11-17,22-37,42-43H,5-10,18-21H2,1-4H3. The minimum absolute atomic E-state index is 0.0216. The van der Waals surface area contributed by atoms with Crippen molar-refractivity contribution in [1.82, 2.24) is 0 Å². The summed E-state index contributed by atoms with van der Waals surface area (Å²) in [6.07, 6.45) is 13.4. The Morgan fingerprint density at radius 1 is 0.475 bits per heavy atom. The van der Waals surface area contributed by atoms with E-state index in [0.29, 0.717) is 11.8 Å². The Kier molecular flexibility index (Phi) is 8.77. The quantitative estimate of drug-likeness (QED) is 0.163. The van der Waals surface area contributed by atoms with Crippen molar-refractivity contribution >= 4 is 27.8 Å². The van der Waals surface area contributed by atoms with Gasteiger partial charge in [0.1, 0.15) is 0 Å². The van der Waals surface area contributed by atoms with Crippen molar-refractivity contribution in [1.29, 1.82) is 0 Å². The molecular formula is C58H57N. The second-order valence-electron chi connectivity index (χ2n) is 19.1. The van der Waals surface area contributed by atoms with Gasteiger partial charge in [0.2, 0.25) is 0 Å². The first kappa shape index (κ1) is 36.7. The second-order valence-corrected chi connectivity index (χ2v) is 19.1.